The summed E-state index contributed by atoms with van der Waals surface area (Å²) in [6.45, 7) is -1.48. The van der Waals surface area contributed by atoms with Crippen molar-refractivity contribution in [3.05, 3.63) is 59.8 Å². The van der Waals surface area contributed by atoms with Crippen LogP contribution in [-0.2, 0) is 9.59 Å². The van der Waals surface area contributed by atoms with Crippen molar-refractivity contribution in [1.29, 1.82) is 0 Å². The first-order valence-electron chi connectivity index (χ1n) is 9.34. The highest BCUT2D eigenvalue weighted by Crippen LogP contribution is 2.31. The zero-order chi connectivity index (χ0) is 22.5. The van der Waals surface area contributed by atoms with Crippen LogP contribution in [0.4, 0.5) is 20.2 Å². The normalized spacial score (nSPS) is 14.9. The van der Waals surface area contributed by atoms with Crippen LogP contribution in [-0.4, -0.2) is 43.3 Å². The summed E-state index contributed by atoms with van der Waals surface area (Å²) in [6.07, 6.45) is 1.67. The quantitative estimate of drug-likeness (QED) is 0.591. The lowest BCUT2D eigenvalue weighted by molar-refractivity contribution is -0.115. The summed E-state index contributed by atoms with van der Waals surface area (Å²) in [5, 5.41) is 0.346. The number of ketones is 1. The second kappa shape index (κ2) is 9.74. The Hall–Kier alpha value is -3.20. The summed E-state index contributed by atoms with van der Waals surface area (Å²) in [5.74, 6) is -0.292. The Labute approximate surface area is 183 Å². The largest absolute Gasteiger partial charge is 0.435 e. The third-order valence-corrected chi connectivity index (χ3v) is 5.35. The van der Waals surface area contributed by atoms with Crippen molar-refractivity contribution in [3.63, 3.8) is 0 Å². The zero-order valence-electron chi connectivity index (χ0n) is 17.2. The van der Waals surface area contributed by atoms with Gasteiger partial charge in [-0.15, -0.1) is 0 Å². The fourth-order valence-electron chi connectivity index (χ4n) is 2.79. The molecule has 1 aliphatic rings. The summed E-state index contributed by atoms with van der Waals surface area (Å²) in [4.78, 5) is 32.3. The Balaban J connectivity index is 1.90. The summed E-state index contributed by atoms with van der Waals surface area (Å²) >= 11 is 1.14. The minimum atomic E-state index is -2.93. The smallest absolute Gasteiger partial charge is 0.387 e. The monoisotopic (exact) mass is 445 g/mol. The predicted octanol–water partition coefficient (Wildman–Crippen LogP) is 4.42. The maximum absolute atomic E-state index is 13.1. The molecular formula is C22H21F2N3O3S. The second-order valence-electron chi connectivity index (χ2n) is 6.91. The van der Waals surface area contributed by atoms with Crippen LogP contribution in [0.1, 0.15) is 12.5 Å². The first-order valence-corrected chi connectivity index (χ1v) is 10.3. The highest BCUT2D eigenvalue weighted by Gasteiger charge is 2.32. The average Bonchev–Trinajstić information content (AvgIpc) is 3.02. The van der Waals surface area contributed by atoms with Gasteiger partial charge in [0, 0.05) is 19.8 Å². The van der Waals surface area contributed by atoms with Gasteiger partial charge in [0.15, 0.2) is 5.17 Å². The van der Waals surface area contributed by atoms with E-state index in [2.05, 4.69) is 9.73 Å². The molecule has 31 heavy (non-hydrogen) atoms. The molecule has 0 spiro atoms. The van der Waals surface area contributed by atoms with E-state index in [4.69, 9.17) is 0 Å². The molecule has 2 aromatic carbocycles. The van der Waals surface area contributed by atoms with Crippen LogP contribution in [0.3, 0.4) is 0 Å². The van der Waals surface area contributed by atoms with E-state index in [1.165, 1.54) is 36.1 Å². The number of carbonyl (C=O) groups excluding carboxylic acids is 2. The Bertz CT molecular complexity index is 1020. The Morgan fingerprint density at radius 2 is 1.81 bits per heavy atom. The lowest BCUT2D eigenvalue weighted by atomic mass is 10.1. The van der Waals surface area contributed by atoms with Gasteiger partial charge in [0.2, 0.25) is 0 Å². The molecule has 0 saturated heterocycles. The highest BCUT2D eigenvalue weighted by molar-refractivity contribution is 8.14. The summed E-state index contributed by atoms with van der Waals surface area (Å²) in [7, 11) is 3.87. The molecule has 0 bridgehead atoms. The number of hydrogen-bond donors (Lipinski definition) is 0. The third-order valence-electron chi connectivity index (χ3n) is 4.27. The molecule has 0 N–H and O–H groups in total. The lowest BCUT2D eigenvalue weighted by Crippen LogP contribution is -2.30. The van der Waals surface area contributed by atoms with Gasteiger partial charge in [-0.2, -0.15) is 8.78 Å². The van der Waals surface area contributed by atoms with Crippen LogP contribution >= 0.6 is 11.8 Å². The molecule has 1 heterocycles. The van der Waals surface area contributed by atoms with Gasteiger partial charge < -0.3 is 9.64 Å². The van der Waals surface area contributed by atoms with Crippen molar-refractivity contribution in [1.82, 2.24) is 0 Å². The van der Waals surface area contributed by atoms with Gasteiger partial charge in [0.25, 0.3) is 5.91 Å². The number of Topliss-reactive ketones (excluding diaryl/α,β-unsaturated/α-hetero) is 1. The topological polar surface area (TPSA) is 62.2 Å². The van der Waals surface area contributed by atoms with Gasteiger partial charge in [-0.1, -0.05) is 23.9 Å². The minimum Gasteiger partial charge on any atom is -0.435 e. The molecule has 162 valence electrons. The molecule has 1 amide bonds. The van der Waals surface area contributed by atoms with E-state index >= 15 is 0 Å². The average molecular weight is 445 g/mol. The fraction of sp³-hybridized carbons (Fsp3) is 0.227. The fourth-order valence-corrected chi connectivity index (χ4v) is 3.60. The molecule has 0 radical (unpaired) electrons. The number of amidine groups is 1. The van der Waals surface area contributed by atoms with Gasteiger partial charge in [0.1, 0.15) is 17.2 Å². The van der Waals surface area contributed by atoms with Crippen LogP contribution in [0.5, 0.6) is 5.75 Å². The number of alkyl halides is 2. The van der Waals surface area contributed by atoms with E-state index < -0.39 is 6.61 Å². The molecule has 0 unspecified atom stereocenters. The van der Waals surface area contributed by atoms with E-state index in [0.717, 1.165) is 23.0 Å². The van der Waals surface area contributed by atoms with Crippen LogP contribution in [0.25, 0.3) is 6.08 Å². The van der Waals surface area contributed by atoms with Crippen molar-refractivity contribution in [2.45, 2.75) is 13.5 Å². The van der Waals surface area contributed by atoms with Crippen molar-refractivity contribution in [2.24, 2.45) is 4.99 Å². The number of anilines is 2. The minimum absolute atomic E-state index is 0.0166. The molecule has 0 saturated carbocycles. The van der Waals surface area contributed by atoms with Gasteiger partial charge in [0.05, 0.1) is 11.4 Å². The molecule has 9 heteroatoms. The Morgan fingerprint density at radius 3 is 2.35 bits per heavy atom. The molecule has 3 rings (SSSR count). The van der Waals surface area contributed by atoms with E-state index in [-0.39, 0.29) is 28.9 Å². The Morgan fingerprint density at radius 1 is 1.16 bits per heavy atom. The molecule has 0 atom stereocenters. The maximum Gasteiger partial charge on any atom is 0.387 e. The highest BCUT2D eigenvalue weighted by atomic mass is 32.2. The molecule has 0 fully saturated rings. The SMILES string of the molecule is CC(=O)CSC1=N/C(=C\c2ccc(N(C)C)cc2)C(=O)N1c1ccc(OC(F)F)cc1. The molecule has 6 nitrogen and oxygen atoms in total. The van der Waals surface area contributed by atoms with Gasteiger partial charge in [-0.05, 0) is 55.0 Å². The van der Waals surface area contributed by atoms with Crippen LogP contribution in [0.15, 0.2) is 59.2 Å². The lowest BCUT2D eigenvalue weighted by Gasteiger charge is -2.18. The number of amides is 1. The van der Waals surface area contributed by atoms with Crippen molar-refractivity contribution in [2.75, 3.05) is 29.6 Å². The van der Waals surface area contributed by atoms with Crippen molar-refractivity contribution in [3.8, 4) is 5.75 Å². The standard InChI is InChI=1S/C22H21F2N3O3S/c1-14(28)13-31-22-25-19(12-15-4-6-16(7-5-15)26(2)3)20(29)27(22)17-8-10-18(11-9-17)30-21(23)24/h4-12,21H,13H2,1-3H3/b19-12-. The molecular weight excluding hydrogens is 424 g/mol. The number of ether oxygens (including phenoxy) is 1. The number of benzene rings is 2. The van der Waals surface area contributed by atoms with Gasteiger partial charge in [-0.25, -0.2) is 4.99 Å². The first-order chi connectivity index (χ1) is 14.7. The van der Waals surface area contributed by atoms with Crippen LogP contribution in [0, 0.1) is 0 Å². The number of hydrogen-bond acceptors (Lipinski definition) is 6. The summed E-state index contributed by atoms with van der Waals surface area (Å²) < 4.78 is 29.2. The number of halogens is 2. The van der Waals surface area contributed by atoms with E-state index in [1.54, 1.807) is 6.08 Å². The van der Waals surface area contributed by atoms with Gasteiger partial charge >= 0.3 is 6.61 Å². The molecule has 2 aromatic rings. The van der Waals surface area contributed by atoms with Crippen LogP contribution < -0.4 is 14.5 Å². The number of aliphatic imine (C=N–C) groups is 1. The maximum atomic E-state index is 13.1. The molecule has 0 aromatic heterocycles. The van der Waals surface area contributed by atoms with Gasteiger partial charge in [-0.3, -0.25) is 14.5 Å². The first kappa shape index (κ1) is 22.5. The predicted molar refractivity (Wildman–Crippen MR) is 120 cm³/mol. The number of nitrogens with zero attached hydrogens (tertiary/aromatic N) is 3. The van der Waals surface area contributed by atoms with Crippen molar-refractivity contribution < 1.29 is 23.1 Å². The van der Waals surface area contributed by atoms with E-state index in [0.29, 0.717) is 10.9 Å². The van der Waals surface area contributed by atoms with Crippen molar-refractivity contribution >= 4 is 46.1 Å². The summed E-state index contributed by atoms with van der Waals surface area (Å²) in [6, 6.07) is 13.3. The third kappa shape index (κ3) is 5.69. The number of thioether (sulfide) groups is 1. The van der Waals surface area contributed by atoms with E-state index in [1.807, 2.05) is 43.3 Å². The Kier molecular flexibility index (Phi) is 7.06. The zero-order valence-corrected chi connectivity index (χ0v) is 18.0. The number of carbonyl (C=O) groups is 2. The second-order valence-corrected chi connectivity index (χ2v) is 7.86. The number of rotatable bonds is 7. The van der Waals surface area contributed by atoms with E-state index in [9.17, 15) is 18.4 Å². The molecule has 0 aliphatic carbocycles. The summed E-state index contributed by atoms with van der Waals surface area (Å²) in [5.41, 5.74) is 2.48. The van der Waals surface area contributed by atoms with Crippen LogP contribution in [0.2, 0.25) is 0 Å². The molecule has 1 aliphatic heterocycles.